The maximum absolute atomic E-state index is 13.9. The first-order chi connectivity index (χ1) is 10.2. The van der Waals surface area contributed by atoms with Crippen LogP contribution in [0.25, 0.3) is 5.52 Å². The molecule has 1 N–H and O–H groups in total. The van der Waals surface area contributed by atoms with Crippen LogP contribution in [-0.4, -0.2) is 28.8 Å². The van der Waals surface area contributed by atoms with E-state index in [1.807, 2.05) is 13.1 Å². The molecular formula is C15H15FN4O. The summed E-state index contributed by atoms with van der Waals surface area (Å²) in [5.41, 5.74) is 2.62. The number of rotatable bonds is 4. The Balaban J connectivity index is 2.08. The van der Waals surface area contributed by atoms with Gasteiger partial charge in [-0.15, -0.1) is 0 Å². The molecule has 1 unspecified atom stereocenters. The third-order valence-electron chi connectivity index (χ3n) is 3.46. The topological polar surface area (TPSA) is 51.5 Å². The van der Waals surface area contributed by atoms with Crippen molar-refractivity contribution < 1.29 is 9.13 Å². The van der Waals surface area contributed by atoms with E-state index in [-0.39, 0.29) is 17.6 Å². The van der Waals surface area contributed by atoms with Crippen molar-refractivity contribution in [3.8, 4) is 5.75 Å². The molecule has 0 aliphatic heterocycles. The zero-order valence-corrected chi connectivity index (χ0v) is 11.7. The Kier molecular flexibility index (Phi) is 3.53. The van der Waals surface area contributed by atoms with Gasteiger partial charge in [-0.05, 0) is 24.7 Å². The zero-order chi connectivity index (χ0) is 14.8. The summed E-state index contributed by atoms with van der Waals surface area (Å²) in [5.74, 6) is -0.153. The number of aromatic nitrogens is 3. The van der Waals surface area contributed by atoms with Crippen LogP contribution in [0.3, 0.4) is 0 Å². The van der Waals surface area contributed by atoms with Crippen LogP contribution in [0, 0.1) is 5.82 Å². The molecule has 5 nitrogen and oxygen atoms in total. The van der Waals surface area contributed by atoms with Crippen LogP contribution < -0.4 is 10.1 Å². The Labute approximate surface area is 121 Å². The van der Waals surface area contributed by atoms with Crippen molar-refractivity contribution in [3.05, 3.63) is 59.9 Å². The summed E-state index contributed by atoms with van der Waals surface area (Å²) in [4.78, 5) is 4.12. The largest absolute Gasteiger partial charge is 0.494 e. The summed E-state index contributed by atoms with van der Waals surface area (Å²) in [5, 5.41) is 7.48. The normalized spacial score (nSPS) is 12.5. The average Bonchev–Trinajstić information content (AvgIpc) is 2.93. The Morgan fingerprint density at radius 1 is 1.33 bits per heavy atom. The average molecular weight is 286 g/mol. The van der Waals surface area contributed by atoms with Gasteiger partial charge in [0.25, 0.3) is 0 Å². The van der Waals surface area contributed by atoms with Crippen LogP contribution in [0.5, 0.6) is 5.75 Å². The van der Waals surface area contributed by atoms with Gasteiger partial charge in [-0.3, -0.25) is 4.98 Å². The van der Waals surface area contributed by atoms with E-state index >= 15 is 0 Å². The second-order valence-corrected chi connectivity index (χ2v) is 4.62. The second-order valence-electron chi connectivity index (χ2n) is 4.62. The summed E-state index contributed by atoms with van der Waals surface area (Å²) in [6, 6.07) is 4.76. The van der Waals surface area contributed by atoms with Gasteiger partial charge in [0.15, 0.2) is 11.6 Å². The number of hydrogen-bond acceptors (Lipinski definition) is 4. The fourth-order valence-corrected chi connectivity index (χ4v) is 2.44. The van der Waals surface area contributed by atoms with E-state index in [0.29, 0.717) is 0 Å². The van der Waals surface area contributed by atoms with E-state index in [4.69, 9.17) is 4.74 Å². The number of halogens is 1. The first-order valence-corrected chi connectivity index (χ1v) is 6.52. The maximum atomic E-state index is 13.9. The van der Waals surface area contributed by atoms with Crippen LogP contribution in [0.2, 0.25) is 0 Å². The number of nitrogens with one attached hydrogen (secondary N) is 1. The molecule has 0 radical (unpaired) electrons. The molecule has 2 heterocycles. The molecule has 2 aromatic heterocycles. The fraction of sp³-hybridized carbons (Fsp3) is 0.200. The minimum atomic E-state index is -0.384. The van der Waals surface area contributed by atoms with Crippen molar-refractivity contribution in [1.82, 2.24) is 19.9 Å². The van der Waals surface area contributed by atoms with Gasteiger partial charge in [0.1, 0.15) is 0 Å². The Hall–Kier alpha value is -2.47. The third kappa shape index (κ3) is 2.34. The van der Waals surface area contributed by atoms with Gasteiger partial charge in [0.2, 0.25) is 0 Å². The lowest BCUT2D eigenvalue weighted by molar-refractivity contribution is 0.386. The zero-order valence-electron chi connectivity index (χ0n) is 11.7. The molecule has 6 heteroatoms. The van der Waals surface area contributed by atoms with E-state index in [9.17, 15) is 4.39 Å². The molecule has 0 bridgehead atoms. The monoisotopic (exact) mass is 286 g/mol. The van der Waals surface area contributed by atoms with Crippen LogP contribution >= 0.6 is 0 Å². The lowest BCUT2D eigenvalue weighted by atomic mass is 10.00. The van der Waals surface area contributed by atoms with Gasteiger partial charge >= 0.3 is 0 Å². The number of benzene rings is 1. The molecule has 3 rings (SSSR count). The van der Waals surface area contributed by atoms with Crippen LogP contribution in [0.1, 0.15) is 17.2 Å². The van der Waals surface area contributed by atoms with Crippen LogP contribution in [-0.2, 0) is 0 Å². The van der Waals surface area contributed by atoms with E-state index in [1.54, 1.807) is 35.4 Å². The number of ether oxygens (including phenoxy) is 1. The highest BCUT2D eigenvalue weighted by Crippen LogP contribution is 2.28. The van der Waals surface area contributed by atoms with Gasteiger partial charge in [-0.2, -0.15) is 5.10 Å². The molecule has 0 saturated carbocycles. The van der Waals surface area contributed by atoms with Crippen molar-refractivity contribution >= 4 is 5.52 Å². The van der Waals surface area contributed by atoms with Crippen LogP contribution in [0.15, 0.2) is 43.0 Å². The molecule has 3 aromatic rings. The standard InChI is InChI=1S/C15H15FN4O/c1-17-15(10-3-4-14(21-2)12(16)7-10)11-8-19-20-6-5-18-9-13(11)20/h3-9,15,17H,1-2H3. The van der Waals surface area contributed by atoms with E-state index in [2.05, 4.69) is 15.4 Å². The molecule has 0 fully saturated rings. The summed E-state index contributed by atoms with van der Waals surface area (Å²) in [6.45, 7) is 0. The maximum Gasteiger partial charge on any atom is 0.165 e. The van der Waals surface area contributed by atoms with Gasteiger partial charge in [-0.25, -0.2) is 8.91 Å². The minimum absolute atomic E-state index is 0.174. The van der Waals surface area contributed by atoms with Gasteiger partial charge in [0.05, 0.1) is 31.1 Å². The number of nitrogens with zero attached hydrogens (tertiary/aromatic N) is 3. The van der Waals surface area contributed by atoms with Gasteiger partial charge in [-0.1, -0.05) is 6.07 Å². The quantitative estimate of drug-likeness (QED) is 0.798. The summed E-state index contributed by atoms with van der Waals surface area (Å²) < 4.78 is 20.6. The molecule has 0 spiro atoms. The first kappa shape index (κ1) is 13.5. The molecule has 108 valence electrons. The van der Waals surface area contributed by atoms with Crippen molar-refractivity contribution in [1.29, 1.82) is 0 Å². The number of hydrogen-bond donors (Lipinski definition) is 1. The minimum Gasteiger partial charge on any atom is -0.494 e. The van der Waals surface area contributed by atoms with E-state index in [1.165, 1.54) is 13.2 Å². The molecule has 0 aliphatic carbocycles. The molecule has 21 heavy (non-hydrogen) atoms. The predicted molar refractivity (Wildman–Crippen MR) is 76.8 cm³/mol. The smallest absolute Gasteiger partial charge is 0.165 e. The Bertz CT molecular complexity index is 771. The molecular weight excluding hydrogens is 271 g/mol. The molecule has 0 amide bonds. The first-order valence-electron chi connectivity index (χ1n) is 6.52. The predicted octanol–water partition coefficient (Wildman–Crippen LogP) is 2.19. The van der Waals surface area contributed by atoms with Gasteiger partial charge in [0, 0.05) is 18.0 Å². The SMILES string of the molecule is CNC(c1ccc(OC)c(F)c1)c1cnn2ccncc12. The lowest BCUT2D eigenvalue weighted by Crippen LogP contribution is -2.17. The van der Waals surface area contributed by atoms with Crippen molar-refractivity contribution in [2.45, 2.75) is 6.04 Å². The summed E-state index contributed by atoms with van der Waals surface area (Å²) in [7, 11) is 3.28. The third-order valence-corrected chi connectivity index (χ3v) is 3.46. The van der Waals surface area contributed by atoms with Crippen molar-refractivity contribution in [2.24, 2.45) is 0 Å². The lowest BCUT2D eigenvalue weighted by Gasteiger charge is -2.16. The number of fused-ring (bicyclic) bond motifs is 1. The molecule has 0 saturated heterocycles. The van der Waals surface area contributed by atoms with Gasteiger partial charge < -0.3 is 10.1 Å². The van der Waals surface area contributed by atoms with Crippen molar-refractivity contribution in [3.63, 3.8) is 0 Å². The van der Waals surface area contributed by atoms with E-state index < -0.39 is 0 Å². The van der Waals surface area contributed by atoms with E-state index in [0.717, 1.165) is 16.6 Å². The highest BCUT2D eigenvalue weighted by atomic mass is 19.1. The molecule has 1 aromatic carbocycles. The summed E-state index contributed by atoms with van der Waals surface area (Å²) >= 11 is 0. The molecule has 1 atom stereocenters. The summed E-state index contributed by atoms with van der Waals surface area (Å²) in [6.07, 6.45) is 6.96. The molecule has 0 aliphatic rings. The second kappa shape index (κ2) is 5.49. The highest BCUT2D eigenvalue weighted by Gasteiger charge is 2.18. The Morgan fingerprint density at radius 3 is 2.90 bits per heavy atom. The van der Waals surface area contributed by atoms with Crippen molar-refractivity contribution in [2.75, 3.05) is 14.2 Å². The fourth-order valence-electron chi connectivity index (χ4n) is 2.44. The Morgan fingerprint density at radius 2 is 2.19 bits per heavy atom. The number of methoxy groups -OCH3 is 1. The highest BCUT2D eigenvalue weighted by molar-refractivity contribution is 5.55. The van der Waals surface area contributed by atoms with Crippen LogP contribution in [0.4, 0.5) is 4.39 Å².